The lowest BCUT2D eigenvalue weighted by Gasteiger charge is -2.19. The predicted octanol–water partition coefficient (Wildman–Crippen LogP) is 9.31. The maximum atomic E-state index is 12.7. The van der Waals surface area contributed by atoms with Crippen molar-refractivity contribution in [1.82, 2.24) is 4.90 Å². The first kappa shape index (κ1) is 51.3. The van der Waals surface area contributed by atoms with Gasteiger partial charge in [0, 0.05) is 19.3 Å². The molecule has 316 valence electrons. The molecular formula is C43H79NO10. The standard InChI is InChI=1S/C43H79NO10/c1-7-11-15-17-26-36(24-13-9-3)42(48)50-32-21-19-28-39(45)52-34-38(54-41(47)30-23-31-44(5)6)35-53-40(46)29-20-22-33-51-43(49)37(25-14-10-4)27-18-16-12-8-2/h36-38H,7-35H2,1-6H3. The van der Waals surface area contributed by atoms with Crippen LogP contribution in [0, 0.1) is 11.8 Å². The van der Waals surface area contributed by atoms with Gasteiger partial charge in [0.1, 0.15) is 13.2 Å². The molecule has 0 heterocycles. The van der Waals surface area contributed by atoms with Crippen molar-refractivity contribution in [1.29, 1.82) is 0 Å². The SMILES string of the molecule is CCCCCCC(CCCC)C(=O)OCCCCC(=O)OCC(COC(=O)CCCCOC(=O)C(CCCC)CCCCCC)OC(=O)CCCN(C)C. The molecule has 0 N–H and O–H groups in total. The van der Waals surface area contributed by atoms with E-state index in [1.165, 1.54) is 12.8 Å². The number of ether oxygens (including phenoxy) is 5. The van der Waals surface area contributed by atoms with Gasteiger partial charge >= 0.3 is 29.8 Å². The average Bonchev–Trinajstić information content (AvgIpc) is 3.14. The van der Waals surface area contributed by atoms with Gasteiger partial charge in [-0.2, -0.15) is 0 Å². The normalized spacial score (nSPS) is 12.9. The van der Waals surface area contributed by atoms with E-state index in [4.69, 9.17) is 23.7 Å². The monoisotopic (exact) mass is 770 g/mol. The zero-order valence-electron chi connectivity index (χ0n) is 35.3. The van der Waals surface area contributed by atoms with Gasteiger partial charge < -0.3 is 28.6 Å². The summed E-state index contributed by atoms with van der Waals surface area (Å²) in [6.07, 6.45) is 18.7. The van der Waals surface area contributed by atoms with Crippen molar-refractivity contribution in [3.63, 3.8) is 0 Å². The summed E-state index contributed by atoms with van der Waals surface area (Å²) in [4.78, 5) is 64.9. The van der Waals surface area contributed by atoms with E-state index in [-0.39, 0.29) is 69.5 Å². The van der Waals surface area contributed by atoms with Gasteiger partial charge in [-0.05, 0) is 78.4 Å². The first-order valence-corrected chi connectivity index (χ1v) is 21.6. The molecule has 11 heteroatoms. The number of hydrogen-bond donors (Lipinski definition) is 0. The minimum absolute atomic E-state index is 0.0639. The van der Waals surface area contributed by atoms with E-state index in [0.29, 0.717) is 38.6 Å². The Labute approximate surface area is 328 Å². The van der Waals surface area contributed by atoms with Crippen LogP contribution in [-0.4, -0.2) is 87.9 Å². The molecule has 0 bridgehead atoms. The van der Waals surface area contributed by atoms with Crippen LogP contribution < -0.4 is 0 Å². The Morgan fingerprint density at radius 2 is 0.852 bits per heavy atom. The second-order valence-corrected chi connectivity index (χ2v) is 15.0. The summed E-state index contributed by atoms with van der Waals surface area (Å²) in [7, 11) is 3.84. The molecule has 2 unspecified atom stereocenters. The third-order valence-electron chi connectivity index (χ3n) is 9.48. The second-order valence-electron chi connectivity index (χ2n) is 15.0. The summed E-state index contributed by atoms with van der Waals surface area (Å²) < 4.78 is 27.4. The molecule has 0 saturated carbocycles. The van der Waals surface area contributed by atoms with Gasteiger partial charge in [-0.3, -0.25) is 24.0 Å². The molecule has 0 spiro atoms. The van der Waals surface area contributed by atoms with Gasteiger partial charge in [0.25, 0.3) is 0 Å². The first-order valence-electron chi connectivity index (χ1n) is 21.6. The number of carbonyl (C=O) groups is 5. The molecule has 54 heavy (non-hydrogen) atoms. The Bertz CT molecular complexity index is 910. The lowest BCUT2D eigenvalue weighted by atomic mass is 9.95. The Morgan fingerprint density at radius 3 is 1.26 bits per heavy atom. The molecular weight excluding hydrogens is 690 g/mol. The van der Waals surface area contributed by atoms with Crippen molar-refractivity contribution in [3.8, 4) is 0 Å². The van der Waals surface area contributed by atoms with E-state index in [1.54, 1.807) is 0 Å². The zero-order chi connectivity index (χ0) is 40.2. The topological polar surface area (TPSA) is 135 Å². The van der Waals surface area contributed by atoms with Crippen LogP contribution in [0.3, 0.4) is 0 Å². The molecule has 0 aliphatic heterocycles. The molecule has 0 rings (SSSR count). The van der Waals surface area contributed by atoms with Crippen LogP contribution in [0.4, 0.5) is 0 Å². The number of esters is 5. The molecule has 0 amide bonds. The lowest BCUT2D eigenvalue weighted by molar-refractivity contribution is -0.167. The first-order chi connectivity index (χ1) is 26.1. The maximum Gasteiger partial charge on any atom is 0.308 e. The fourth-order valence-corrected chi connectivity index (χ4v) is 6.04. The summed E-state index contributed by atoms with van der Waals surface area (Å²) in [5, 5.41) is 0. The number of nitrogens with zero attached hydrogens (tertiary/aromatic N) is 1. The van der Waals surface area contributed by atoms with Crippen LogP contribution in [0.25, 0.3) is 0 Å². The molecule has 0 aliphatic rings. The van der Waals surface area contributed by atoms with Crippen LogP contribution in [-0.2, 0) is 47.7 Å². The predicted molar refractivity (Wildman–Crippen MR) is 213 cm³/mol. The fourth-order valence-electron chi connectivity index (χ4n) is 6.04. The van der Waals surface area contributed by atoms with Crippen LogP contribution in [0.5, 0.6) is 0 Å². The summed E-state index contributed by atoms with van der Waals surface area (Å²) >= 11 is 0. The van der Waals surface area contributed by atoms with Crippen molar-refractivity contribution < 1.29 is 47.7 Å². The summed E-state index contributed by atoms with van der Waals surface area (Å²) in [6.45, 7) is 9.35. The van der Waals surface area contributed by atoms with E-state index in [1.807, 2.05) is 19.0 Å². The van der Waals surface area contributed by atoms with Crippen LogP contribution in [0.2, 0.25) is 0 Å². The Kier molecular flexibility index (Phi) is 34.2. The average molecular weight is 770 g/mol. The molecule has 0 fully saturated rings. The Morgan fingerprint density at radius 1 is 0.444 bits per heavy atom. The lowest BCUT2D eigenvalue weighted by Crippen LogP contribution is -2.31. The molecule has 0 aliphatic carbocycles. The van der Waals surface area contributed by atoms with Crippen molar-refractivity contribution in [2.24, 2.45) is 11.8 Å². The third kappa shape index (κ3) is 30.6. The highest BCUT2D eigenvalue weighted by Gasteiger charge is 2.22. The largest absolute Gasteiger partial charge is 0.465 e. The van der Waals surface area contributed by atoms with E-state index >= 15 is 0 Å². The summed E-state index contributed by atoms with van der Waals surface area (Å²) in [5.74, 6) is -1.80. The van der Waals surface area contributed by atoms with Gasteiger partial charge in [0.2, 0.25) is 0 Å². The molecule has 2 atom stereocenters. The van der Waals surface area contributed by atoms with Gasteiger partial charge in [-0.1, -0.05) is 105 Å². The quantitative estimate of drug-likeness (QED) is 0.0340. The van der Waals surface area contributed by atoms with E-state index in [2.05, 4.69) is 27.7 Å². The molecule has 0 aromatic heterocycles. The summed E-state index contributed by atoms with van der Waals surface area (Å²) in [5.41, 5.74) is 0. The highest BCUT2D eigenvalue weighted by Crippen LogP contribution is 2.21. The van der Waals surface area contributed by atoms with Crippen LogP contribution in [0.1, 0.15) is 182 Å². The molecule has 0 radical (unpaired) electrons. The smallest absolute Gasteiger partial charge is 0.308 e. The molecule has 0 aromatic rings. The Balaban J connectivity index is 4.70. The summed E-state index contributed by atoms with van der Waals surface area (Å²) in [6, 6.07) is 0. The third-order valence-corrected chi connectivity index (χ3v) is 9.48. The van der Waals surface area contributed by atoms with Crippen molar-refractivity contribution in [2.45, 2.75) is 188 Å². The van der Waals surface area contributed by atoms with Gasteiger partial charge in [-0.15, -0.1) is 0 Å². The van der Waals surface area contributed by atoms with Crippen molar-refractivity contribution >= 4 is 29.8 Å². The molecule has 11 nitrogen and oxygen atoms in total. The van der Waals surface area contributed by atoms with E-state index in [9.17, 15) is 24.0 Å². The molecule has 0 saturated heterocycles. The van der Waals surface area contributed by atoms with Gasteiger partial charge in [0.05, 0.1) is 25.0 Å². The number of hydrogen-bond acceptors (Lipinski definition) is 11. The number of unbranched alkanes of at least 4 members (excludes halogenated alkanes) is 10. The molecule has 0 aromatic carbocycles. The maximum absolute atomic E-state index is 12.7. The Hall–Kier alpha value is -2.69. The van der Waals surface area contributed by atoms with E-state index < -0.39 is 24.0 Å². The second kappa shape index (κ2) is 36.0. The van der Waals surface area contributed by atoms with E-state index in [0.717, 1.165) is 89.9 Å². The van der Waals surface area contributed by atoms with Crippen LogP contribution >= 0.6 is 0 Å². The van der Waals surface area contributed by atoms with Crippen molar-refractivity contribution in [3.05, 3.63) is 0 Å². The van der Waals surface area contributed by atoms with Gasteiger partial charge in [0.15, 0.2) is 6.10 Å². The number of rotatable bonds is 37. The van der Waals surface area contributed by atoms with Crippen LogP contribution in [0.15, 0.2) is 0 Å². The van der Waals surface area contributed by atoms with Crippen molar-refractivity contribution in [2.75, 3.05) is 47.1 Å². The fraction of sp³-hybridized carbons (Fsp3) is 0.884. The number of carbonyl (C=O) groups excluding carboxylic acids is 5. The van der Waals surface area contributed by atoms with Gasteiger partial charge in [-0.25, -0.2) is 0 Å². The minimum atomic E-state index is -0.929. The zero-order valence-corrected chi connectivity index (χ0v) is 35.3. The highest BCUT2D eigenvalue weighted by molar-refractivity contribution is 5.73. The minimum Gasteiger partial charge on any atom is -0.465 e. The highest BCUT2D eigenvalue weighted by atomic mass is 16.6.